The van der Waals surface area contributed by atoms with Gasteiger partial charge in [-0.2, -0.15) is 0 Å². The summed E-state index contributed by atoms with van der Waals surface area (Å²) in [5, 5.41) is 4.08. The van der Waals surface area contributed by atoms with Crippen molar-refractivity contribution >= 4 is 5.91 Å². The molecule has 31 heavy (non-hydrogen) atoms. The zero-order chi connectivity index (χ0) is 21.8. The number of hydrogen-bond donors (Lipinski definition) is 0. The normalized spacial score (nSPS) is 14.6. The number of aromatic nitrogens is 1. The van der Waals surface area contributed by atoms with Crippen molar-refractivity contribution in [3.05, 3.63) is 82.2 Å². The number of nitrogens with zero attached hydrogens (tertiary/aromatic N) is 2. The molecule has 0 spiro atoms. The van der Waals surface area contributed by atoms with Crippen molar-refractivity contribution < 1.29 is 14.1 Å². The summed E-state index contributed by atoms with van der Waals surface area (Å²) in [6.07, 6.45) is 3.08. The number of hydrogen-bond acceptors (Lipinski definition) is 4. The summed E-state index contributed by atoms with van der Waals surface area (Å²) in [6.45, 7) is 7.68. The lowest BCUT2D eigenvalue weighted by Crippen LogP contribution is -2.39. The van der Waals surface area contributed by atoms with Crippen LogP contribution in [0.15, 0.2) is 53.1 Å². The van der Waals surface area contributed by atoms with E-state index in [9.17, 15) is 4.79 Å². The van der Waals surface area contributed by atoms with E-state index in [4.69, 9.17) is 9.26 Å². The summed E-state index contributed by atoms with van der Waals surface area (Å²) >= 11 is 0. The van der Waals surface area contributed by atoms with E-state index in [2.05, 4.69) is 35.5 Å². The van der Waals surface area contributed by atoms with Gasteiger partial charge in [-0.25, -0.2) is 0 Å². The van der Waals surface area contributed by atoms with Gasteiger partial charge in [-0.3, -0.25) is 4.79 Å². The molecule has 0 radical (unpaired) electrons. The predicted molar refractivity (Wildman–Crippen MR) is 120 cm³/mol. The molecule has 0 atom stereocenters. The average Bonchev–Trinajstić information content (AvgIpc) is 3.13. The Bertz CT molecular complexity index is 1010. The van der Waals surface area contributed by atoms with E-state index in [0.29, 0.717) is 17.4 Å². The van der Waals surface area contributed by atoms with Gasteiger partial charge in [0.05, 0.1) is 5.56 Å². The molecule has 2 aromatic carbocycles. The number of piperidine rings is 1. The van der Waals surface area contributed by atoms with Gasteiger partial charge in [0.25, 0.3) is 5.91 Å². The molecule has 1 aliphatic heterocycles. The first-order valence-electron chi connectivity index (χ1n) is 11.0. The Morgan fingerprint density at radius 2 is 1.74 bits per heavy atom. The largest absolute Gasteiger partial charge is 0.489 e. The molecule has 1 aliphatic rings. The summed E-state index contributed by atoms with van der Waals surface area (Å²) in [5.41, 5.74) is 4.77. The molecule has 5 heteroatoms. The van der Waals surface area contributed by atoms with Crippen molar-refractivity contribution in [3.8, 4) is 5.75 Å². The van der Waals surface area contributed by atoms with Gasteiger partial charge < -0.3 is 14.2 Å². The van der Waals surface area contributed by atoms with Crippen LogP contribution in [0, 0.1) is 26.7 Å². The van der Waals surface area contributed by atoms with Crippen LogP contribution in [0.3, 0.4) is 0 Å². The van der Waals surface area contributed by atoms with Gasteiger partial charge in [-0.15, -0.1) is 0 Å². The molecule has 1 amide bonds. The maximum Gasteiger partial charge on any atom is 0.276 e. The first kappa shape index (κ1) is 21.2. The molecule has 0 aliphatic carbocycles. The van der Waals surface area contributed by atoms with Gasteiger partial charge >= 0.3 is 0 Å². The highest BCUT2D eigenvalue weighted by molar-refractivity contribution is 5.93. The third kappa shape index (κ3) is 5.16. The van der Waals surface area contributed by atoms with E-state index in [0.717, 1.165) is 54.8 Å². The van der Waals surface area contributed by atoms with E-state index < -0.39 is 0 Å². The monoisotopic (exact) mass is 418 g/mol. The first-order chi connectivity index (χ1) is 15.0. The van der Waals surface area contributed by atoms with Gasteiger partial charge in [0, 0.05) is 13.1 Å². The van der Waals surface area contributed by atoms with Gasteiger partial charge in [0.1, 0.15) is 18.1 Å². The molecule has 4 rings (SSSR count). The zero-order valence-electron chi connectivity index (χ0n) is 18.6. The molecule has 0 N–H and O–H groups in total. The second-order valence-corrected chi connectivity index (χ2v) is 8.60. The molecule has 0 bridgehead atoms. The summed E-state index contributed by atoms with van der Waals surface area (Å²) < 4.78 is 11.3. The highest BCUT2D eigenvalue weighted by Gasteiger charge is 2.28. The Morgan fingerprint density at radius 1 is 1.06 bits per heavy atom. The zero-order valence-corrected chi connectivity index (χ0v) is 18.6. The van der Waals surface area contributed by atoms with Crippen LogP contribution in [0.1, 0.15) is 51.3 Å². The number of aryl methyl sites for hydroxylation is 3. The predicted octanol–water partition coefficient (Wildman–Crippen LogP) is 5.27. The second-order valence-electron chi connectivity index (χ2n) is 8.60. The Balaban J connectivity index is 1.38. The fourth-order valence-electron chi connectivity index (χ4n) is 4.34. The van der Waals surface area contributed by atoms with Crippen molar-refractivity contribution in [2.45, 2.75) is 46.6 Å². The maximum absolute atomic E-state index is 13.2. The van der Waals surface area contributed by atoms with Gasteiger partial charge in [-0.1, -0.05) is 41.6 Å². The third-order valence-corrected chi connectivity index (χ3v) is 6.03. The first-order valence-corrected chi connectivity index (χ1v) is 11.0. The molecule has 1 fully saturated rings. The van der Waals surface area contributed by atoms with Gasteiger partial charge in [0.15, 0.2) is 5.69 Å². The minimum absolute atomic E-state index is 0.0611. The molecule has 1 aromatic heterocycles. The van der Waals surface area contributed by atoms with Crippen LogP contribution in [0.2, 0.25) is 0 Å². The molecule has 5 nitrogen and oxygen atoms in total. The van der Waals surface area contributed by atoms with Crippen molar-refractivity contribution in [2.75, 3.05) is 13.1 Å². The highest BCUT2D eigenvalue weighted by Crippen LogP contribution is 2.25. The van der Waals surface area contributed by atoms with Gasteiger partial charge in [0.2, 0.25) is 0 Å². The number of likely N-dealkylation sites (tertiary alicyclic amines) is 1. The molecule has 162 valence electrons. The standard InChI is InChI=1S/C26H30N2O3/c1-18-13-19(2)15-23(14-18)30-17-24-20(3)31-27-25(24)26(29)28-11-9-22(10-12-28)16-21-7-5-4-6-8-21/h4-8,13-15,22H,9-12,16-17H2,1-3H3. The molecular weight excluding hydrogens is 388 g/mol. The average molecular weight is 419 g/mol. The molecular formula is C26H30N2O3. The van der Waals surface area contributed by atoms with Crippen LogP contribution in [0.4, 0.5) is 0 Å². The minimum atomic E-state index is -0.0611. The maximum atomic E-state index is 13.2. The van der Waals surface area contributed by atoms with Crippen LogP contribution >= 0.6 is 0 Å². The number of carbonyl (C=O) groups excluding carboxylic acids is 1. The number of rotatable bonds is 6. The molecule has 0 unspecified atom stereocenters. The van der Waals surface area contributed by atoms with Crippen LogP contribution in [0.25, 0.3) is 0 Å². The fourth-order valence-corrected chi connectivity index (χ4v) is 4.34. The highest BCUT2D eigenvalue weighted by atomic mass is 16.5. The molecule has 3 aromatic rings. The summed E-state index contributed by atoms with van der Waals surface area (Å²) in [5.74, 6) is 1.97. The Morgan fingerprint density at radius 3 is 2.42 bits per heavy atom. The summed E-state index contributed by atoms with van der Waals surface area (Å²) in [6, 6.07) is 16.7. The second kappa shape index (κ2) is 9.38. The third-order valence-electron chi connectivity index (χ3n) is 6.03. The lowest BCUT2D eigenvalue weighted by molar-refractivity contribution is 0.0677. The number of benzene rings is 2. The SMILES string of the molecule is Cc1cc(C)cc(OCc2c(C(=O)N3CCC(Cc4ccccc4)CC3)noc2C)c1. The van der Waals surface area contributed by atoms with Crippen molar-refractivity contribution in [3.63, 3.8) is 0 Å². The minimum Gasteiger partial charge on any atom is -0.489 e. The Labute approximate surface area is 184 Å². The lowest BCUT2D eigenvalue weighted by Gasteiger charge is -2.31. The van der Waals surface area contributed by atoms with Crippen LogP contribution in [-0.2, 0) is 13.0 Å². The topological polar surface area (TPSA) is 55.6 Å². The molecule has 0 saturated carbocycles. The van der Waals surface area contributed by atoms with E-state index in [-0.39, 0.29) is 12.5 Å². The summed E-state index contributed by atoms with van der Waals surface area (Å²) in [4.78, 5) is 15.1. The quantitative estimate of drug-likeness (QED) is 0.547. The lowest BCUT2D eigenvalue weighted by atomic mass is 9.90. The van der Waals surface area contributed by atoms with E-state index >= 15 is 0 Å². The fraction of sp³-hybridized carbons (Fsp3) is 0.385. The van der Waals surface area contributed by atoms with Crippen LogP contribution < -0.4 is 4.74 Å². The van der Waals surface area contributed by atoms with E-state index in [1.165, 1.54) is 5.56 Å². The number of carbonyl (C=O) groups is 1. The van der Waals surface area contributed by atoms with Crippen molar-refractivity contribution in [1.82, 2.24) is 10.1 Å². The molecule has 1 saturated heterocycles. The van der Waals surface area contributed by atoms with Crippen LogP contribution in [0.5, 0.6) is 5.75 Å². The van der Waals surface area contributed by atoms with Crippen molar-refractivity contribution in [2.24, 2.45) is 5.92 Å². The van der Waals surface area contributed by atoms with E-state index in [1.54, 1.807) is 0 Å². The van der Waals surface area contributed by atoms with Crippen LogP contribution in [-0.4, -0.2) is 29.1 Å². The van der Waals surface area contributed by atoms with Crippen molar-refractivity contribution in [1.29, 1.82) is 0 Å². The van der Waals surface area contributed by atoms with E-state index in [1.807, 2.05) is 43.9 Å². The number of ether oxygens (including phenoxy) is 1. The molecule has 2 heterocycles. The summed E-state index contributed by atoms with van der Waals surface area (Å²) in [7, 11) is 0. The Kier molecular flexibility index (Phi) is 6.40. The smallest absolute Gasteiger partial charge is 0.276 e. The number of amides is 1. The Hall–Kier alpha value is -3.08. The van der Waals surface area contributed by atoms with Gasteiger partial charge in [-0.05, 0) is 74.8 Å².